The molecule has 3 fully saturated rings. The smallest absolute Gasteiger partial charge is 0.228 e. The fourth-order valence-corrected chi connectivity index (χ4v) is 5.35. The zero-order valence-electron chi connectivity index (χ0n) is 17.8. The fraction of sp³-hybridized carbons (Fsp3) is 0.850. The summed E-state index contributed by atoms with van der Waals surface area (Å²) >= 11 is 0. The van der Waals surface area contributed by atoms with Crippen molar-refractivity contribution in [3.05, 3.63) is 12.2 Å². The normalized spacial score (nSPS) is 29.2. The summed E-state index contributed by atoms with van der Waals surface area (Å²) in [7, 11) is 0. The number of hydrogen-bond donors (Lipinski definition) is 2. The summed E-state index contributed by atoms with van der Waals surface area (Å²) in [5, 5.41) is 14.9. The second-order valence-corrected chi connectivity index (χ2v) is 8.52. The Labute approximate surface area is 191 Å². The molecule has 0 radical (unpaired) electrons. The molecule has 0 unspecified atom stereocenters. The topological polar surface area (TPSA) is 84.3 Å². The third-order valence-electron chi connectivity index (χ3n) is 6.95. The van der Waals surface area contributed by atoms with Crippen LogP contribution in [-0.2, 0) is 22.6 Å². The minimum Gasteiger partial charge on any atom is -0.379 e. The van der Waals surface area contributed by atoms with Gasteiger partial charge in [-0.2, -0.15) is 0 Å². The Morgan fingerprint density at radius 1 is 1.33 bits per heavy atom. The van der Waals surface area contributed by atoms with E-state index < -0.39 is 0 Å². The lowest BCUT2D eigenvalue weighted by atomic mass is 9.61. The first kappa shape index (κ1) is 25.3. The third-order valence-corrected chi connectivity index (χ3v) is 6.95. The molecule has 1 aromatic heterocycles. The number of morpholine rings is 1. The van der Waals surface area contributed by atoms with Crippen LogP contribution >= 0.6 is 24.8 Å². The molecule has 1 aromatic rings. The molecule has 0 aromatic carbocycles. The first-order chi connectivity index (χ1) is 13.7. The van der Waals surface area contributed by atoms with Crippen LogP contribution in [0.2, 0.25) is 0 Å². The monoisotopic (exact) mass is 462 g/mol. The van der Waals surface area contributed by atoms with Gasteiger partial charge in [0.15, 0.2) is 5.82 Å². The number of amides is 1. The number of fused-ring (bicyclic) bond motifs is 1. The van der Waals surface area contributed by atoms with Crippen LogP contribution in [0, 0.1) is 11.3 Å². The number of nitrogens with zero attached hydrogens (tertiary/aromatic N) is 4. The van der Waals surface area contributed by atoms with Gasteiger partial charge >= 0.3 is 0 Å². The summed E-state index contributed by atoms with van der Waals surface area (Å²) in [5.41, 5.74) is -0.281. The van der Waals surface area contributed by atoms with Crippen LogP contribution in [0.25, 0.3) is 0 Å². The number of halogens is 2. The maximum absolute atomic E-state index is 13.4. The highest BCUT2D eigenvalue weighted by atomic mass is 35.5. The van der Waals surface area contributed by atoms with Crippen LogP contribution in [-0.4, -0.2) is 71.0 Å². The molecule has 4 rings (SSSR count). The van der Waals surface area contributed by atoms with Crippen molar-refractivity contribution in [2.75, 3.05) is 39.4 Å². The predicted molar refractivity (Wildman–Crippen MR) is 120 cm³/mol. The maximum Gasteiger partial charge on any atom is 0.228 e. The minimum atomic E-state index is -0.281. The molecule has 172 valence electrons. The van der Waals surface area contributed by atoms with Crippen molar-refractivity contribution < 1.29 is 9.53 Å². The summed E-state index contributed by atoms with van der Waals surface area (Å²) in [6.07, 6.45) is 7.04. The van der Waals surface area contributed by atoms with Crippen molar-refractivity contribution in [1.29, 1.82) is 0 Å². The molecule has 2 aliphatic heterocycles. The summed E-state index contributed by atoms with van der Waals surface area (Å²) in [5.74, 6) is 1.48. The van der Waals surface area contributed by atoms with Gasteiger partial charge < -0.3 is 19.9 Å². The van der Waals surface area contributed by atoms with Crippen molar-refractivity contribution in [3.8, 4) is 0 Å². The highest BCUT2D eigenvalue weighted by molar-refractivity contribution is 5.85. The zero-order chi connectivity index (χ0) is 19.4. The van der Waals surface area contributed by atoms with E-state index in [1.165, 1.54) is 0 Å². The predicted octanol–water partition coefficient (Wildman–Crippen LogP) is 1.63. The number of aryl methyl sites for hydroxylation is 1. The van der Waals surface area contributed by atoms with Crippen molar-refractivity contribution >= 4 is 30.7 Å². The summed E-state index contributed by atoms with van der Waals surface area (Å²) in [6.45, 7) is 9.02. The van der Waals surface area contributed by atoms with Gasteiger partial charge in [-0.25, -0.2) is 0 Å². The summed E-state index contributed by atoms with van der Waals surface area (Å²) in [6, 6.07) is 0.598. The standard InChI is InChI=1S/C20H34N6O2.2ClH/c1-2-7-26-15-23-24-18(26)13-22-19(27)20-5-3-17(25-8-10-28-11-9-25)12-16(20)4-6-21-14-20;;/h15-17,21H,2-14H2,1H3,(H,22,27);2*1H/t16-,17+,20-;;/m1../s1. The number of aromatic nitrogens is 3. The van der Waals surface area contributed by atoms with Gasteiger partial charge in [-0.05, 0) is 44.6 Å². The van der Waals surface area contributed by atoms with Crippen molar-refractivity contribution in [3.63, 3.8) is 0 Å². The van der Waals surface area contributed by atoms with E-state index in [1.54, 1.807) is 6.33 Å². The highest BCUT2D eigenvalue weighted by Gasteiger charge is 2.50. The Hall–Kier alpha value is -0.930. The number of carbonyl (C=O) groups is 1. The van der Waals surface area contributed by atoms with E-state index >= 15 is 0 Å². The molecule has 3 aliphatic rings. The lowest BCUT2D eigenvalue weighted by molar-refractivity contribution is -0.140. The molecule has 3 heterocycles. The molecular formula is C20H36Cl2N6O2. The first-order valence-electron chi connectivity index (χ1n) is 10.9. The van der Waals surface area contributed by atoms with Crippen LogP contribution in [0.1, 0.15) is 44.9 Å². The molecule has 0 spiro atoms. The van der Waals surface area contributed by atoms with Gasteiger partial charge in [0, 0.05) is 32.2 Å². The third kappa shape index (κ3) is 5.27. The Morgan fingerprint density at radius 3 is 2.90 bits per heavy atom. The molecule has 10 heteroatoms. The summed E-state index contributed by atoms with van der Waals surface area (Å²) in [4.78, 5) is 15.9. The average molecular weight is 463 g/mol. The number of nitrogens with one attached hydrogen (secondary N) is 2. The van der Waals surface area contributed by atoms with Gasteiger partial charge in [0.2, 0.25) is 5.91 Å². The van der Waals surface area contributed by atoms with Gasteiger partial charge in [-0.3, -0.25) is 9.69 Å². The zero-order valence-corrected chi connectivity index (χ0v) is 19.5. The molecule has 30 heavy (non-hydrogen) atoms. The Kier molecular flexibility index (Phi) is 9.81. The highest BCUT2D eigenvalue weighted by Crippen LogP contribution is 2.46. The fourth-order valence-electron chi connectivity index (χ4n) is 5.35. The number of hydrogen-bond acceptors (Lipinski definition) is 6. The Bertz CT molecular complexity index is 669. The molecule has 1 aliphatic carbocycles. The van der Waals surface area contributed by atoms with Gasteiger partial charge in [-0.1, -0.05) is 6.92 Å². The van der Waals surface area contributed by atoms with Crippen molar-refractivity contribution in [1.82, 2.24) is 30.3 Å². The Balaban J connectivity index is 0.00000160. The lowest BCUT2D eigenvalue weighted by Gasteiger charge is -2.50. The van der Waals surface area contributed by atoms with Crippen LogP contribution in [0.15, 0.2) is 6.33 Å². The van der Waals surface area contributed by atoms with Crippen LogP contribution in [0.4, 0.5) is 0 Å². The second-order valence-electron chi connectivity index (χ2n) is 8.52. The van der Waals surface area contributed by atoms with E-state index in [-0.39, 0.29) is 36.1 Å². The molecule has 1 saturated carbocycles. The number of ether oxygens (including phenoxy) is 1. The quantitative estimate of drug-likeness (QED) is 0.667. The van der Waals surface area contributed by atoms with E-state index in [0.717, 1.165) is 83.9 Å². The van der Waals surface area contributed by atoms with Crippen LogP contribution in [0.3, 0.4) is 0 Å². The van der Waals surface area contributed by atoms with Gasteiger partial charge in [0.05, 0.1) is 25.2 Å². The molecule has 8 nitrogen and oxygen atoms in total. The number of carbonyl (C=O) groups excluding carboxylic acids is 1. The molecule has 1 amide bonds. The largest absolute Gasteiger partial charge is 0.379 e. The van der Waals surface area contributed by atoms with Crippen LogP contribution in [0.5, 0.6) is 0 Å². The molecule has 2 saturated heterocycles. The van der Waals surface area contributed by atoms with E-state index in [0.29, 0.717) is 18.5 Å². The van der Waals surface area contributed by atoms with Crippen LogP contribution < -0.4 is 10.6 Å². The number of piperidine rings is 1. The van der Waals surface area contributed by atoms with E-state index in [1.807, 2.05) is 4.57 Å². The minimum absolute atomic E-state index is 0. The van der Waals surface area contributed by atoms with Crippen molar-refractivity contribution in [2.45, 2.75) is 58.2 Å². The molecule has 0 bridgehead atoms. The van der Waals surface area contributed by atoms with Gasteiger partial charge in [-0.15, -0.1) is 35.0 Å². The SMILES string of the molecule is CCCn1cnnc1CNC(=O)[C@@]12CC[C@H](N3CCOCC3)C[C@H]1CCNC2.Cl.Cl. The second kappa shape index (κ2) is 11.6. The average Bonchev–Trinajstić information content (AvgIpc) is 3.19. The van der Waals surface area contributed by atoms with Gasteiger partial charge in [0.25, 0.3) is 0 Å². The van der Waals surface area contributed by atoms with E-state index in [4.69, 9.17) is 4.74 Å². The lowest BCUT2D eigenvalue weighted by Crippen LogP contribution is -2.60. The maximum atomic E-state index is 13.4. The van der Waals surface area contributed by atoms with E-state index in [9.17, 15) is 4.79 Å². The van der Waals surface area contributed by atoms with E-state index in [2.05, 4.69) is 32.7 Å². The molecule has 3 atom stereocenters. The number of rotatable bonds is 6. The molecule has 2 N–H and O–H groups in total. The first-order valence-corrected chi connectivity index (χ1v) is 10.9. The Morgan fingerprint density at radius 2 is 2.13 bits per heavy atom. The summed E-state index contributed by atoms with van der Waals surface area (Å²) < 4.78 is 7.55. The van der Waals surface area contributed by atoms with Crippen molar-refractivity contribution in [2.24, 2.45) is 11.3 Å². The van der Waals surface area contributed by atoms with Gasteiger partial charge in [0.1, 0.15) is 6.33 Å². The molecular weight excluding hydrogens is 427 g/mol.